The van der Waals surface area contributed by atoms with E-state index in [0.29, 0.717) is 17.9 Å². The first kappa shape index (κ1) is 15.5. The van der Waals surface area contributed by atoms with Crippen LogP contribution in [0.3, 0.4) is 0 Å². The van der Waals surface area contributed by atoms with Gasteiger partial charge in [0.1, 0.15) is 5.52 Å². The average Bonchev–Trinajstić information content (AvgIpc) is 3.24. The van der Waals surface area contributed by atoms with E-state index in [4.69, 9.17) is 9.15 Å². The highest BCUT2D eigenvalue weighted by Crippen LogP contribution is 2.49. The third kappa shape index (κ3) is 2.65. The minimum absolute atomic E-state index is 0.153. The Morgan fingerprint density at radius 3 is 2.67 bits per heavy atom. The van der Waals surface area contributed by atoms with Crippen LogP contribution in [0.4, 0.5) is 13.2 Å². The van der Waals surface area contributed by atoms with Gasteiger partial charge in [0.05, 0.1) is 5.92 Å². The Hall–Kier alpha value is -2.05. The SMILES string of the molecule is O=C(O[C@@H](c1nc2ccccc2o1)C(F)(F)F)[C@H]1C[C@H]2CC[C@H]1C2. The molecule has 2 aliphatic rings. The van der Waals surface area contributed by atoms with Crippen LogP contribution in [-0.4, -0.2) is 17.1 Å². The van der Waals surface area contributed by atoms with Crippen molar-refractivity contribution in [3.8, 4) is 0 Å². The number of esters is 1. The number of fused-ring (bicyclic) bond motifs is 3. The molecule has 2 fully saturated rings. The van der Waals surface area contributed by atoms with Crippen molar-refractivity contribution in [1.82, 2.24) is 4.98 Å². The highest BCUT2D eigenvalue weighted by Gasteiger charge is 2.51. The summed E-state index contributed by atoms with van der Waals surface area (Å²) in [5.74, 6) is -1.24. The number of rotatable bonds is 3. The number of alkyl halides is 3. The number of carbonyl (C=O) groups is 1. The summed E-state index contributed by atoms with van der Waals surface area (Å²) in [6, 6.07) is 6.37. The minimum atomic E-state index is -4.77. The quantitative estimate of drug-likeness (QED) is 0.777. The molecule has 4 rings (SSSR count). The Bertz CT molecular complexity index is 737. The maximum Gasteiger partial charge on any atom is 0.434 e. The predicted octanol–water partition coefficient (Wildman–Crippen LogP) is 4.41. The summed E-state index contributed by atoms with van der Waals surface area (Å²) < 4.78 is 50.2. The molecule has 0 radical (unpaired) electrons. The van der Waals surface area contributed by atoms with E-state index in [0.717, 1.165) is 19.3 Å². The van der Waals surface area contributed by atoms with Crippen LogP contribution >= 0.6 is 0 Å². The van der Waals surface area contributed by atoms with Gasteiger partial charge in [0.2, 0.25) is 5.89 Å². The van der Waals surface area contributed by atoms with Crippen LogP contribution in [-0.2, 0) is 9.53 Å². The molecular weight excluding hydrogens is 323 g/mol. The van der Waals surface area contributed by atoms with Crippen LogP contribution in [0.15, 0.2) is 28.7 Å². The molecule has 0 spiro atoms. The Kier molecular flexibility index (Phi) is 3.54. The molecule has 2 bridgehead atoms. The fraction of sp³-hybridized carbons (Fsp3) is 0.529. The molecule has 1 aromatic heterocycles. The number of hydrogen-bond donors (Lipinski definition) is 0. The number of oxazole rings is 1. The van der Waals surface area contributed by atoms with Crippen LogP contribution in [0.5, 0.6) is 0 Å². The van der Waals surface area contributed by atoms with E-state index in [-0.39, 0.29) is 11.5 Å². The van der Waals surface area contributed by atoms with Crippen LogP contribution in [0.25, 0.3) is 11.1 Å². The standard InChI is InChI=1S/C17H16F3NO3/c18-17(19,20)14(15-21-12-3-1-2-4-13(12)23-15)24-16(22)11-8-9-5-6-10(11)7-9/h1-4,9-11,14H,5-8H2/t9-,10-,11-,14-/m0/s1. The Morgan fingerprint density at radius 1 is 1.25 bits per heavy atom. The van der Waals surface area contributed by atoms with Gasteiger partial charge >= 0.3 is 12.1 Å². The van der Waals surface area contributed by atoms with Crippen LogP contribution in [0.1, 0.15) is 37.7 Å². The number of hydrogen-bond acceptors (Lipinski definition) is 4. The van der Waals surface area contributed by atoms with E-state index in [1.54, 1.807) is 18.2 Å². The van der Waals surface area contributed by atoms with E-state index in [9.17, 15) is 18.0 Å². The molecule has 0 aliphatic heterocycles. The molecule has 0 N–H and O–H groups in total. The molecule has 2 aliphatic carbocycles. The molecule has 7 heteroatoms. The van der Waals surface area contributed by atoms with Gasteiger partial charge in [0, 0.05) is 0 Å². The molecule has 24 heavy (non-hydrogen) atoms. The lowest BCUT2D eigenvalue weighted by Gasteiger charge is -2.23. The second-order valence-corrected chi connectivity index (χ2v) is 6.66. The number of carbonyl (C=O) groups excluding carboxylic acids is 1. The fourth-order valence-electron chi connectivity index (χ4n) is 4.00. The first-order valence-corrected chi connectivity index (χ1v) is 8.04. The predicted molar refractivity (Wildman–Crippen MR) is 77.8 cm³/mol. The monoisotopic (exact) mass is 339 g/mol. The summed E-state index contributed by atoms with van der Waals surface area (Å²) in [7, 11) is 0. The lowest BCUT2D eigenvalue weighted by molar-refractivity contribution is -0.232. The summed E-state index contributed by atoms with van der Waals surface area (Å²) in [4.78, 5) is 16.1. The van der Waals surface area contributed by atoms with Crippen molar-refractivity contribution in [2.45, 2.75) is 38.0 Å². The zero-order valence-corrected chi connectivity index (χ0v) is 12.8. The number of nitrogens with zero attached hydrogens (tertiary/aromatic N) is 1. The molecule has 1 heterocycles. The maximum absolute atomic E-state index is 13.4. The number of para-hydroxylation sites is 2. The normalized spacial score (nSPS) is 27.5. The van der Waals surface area contributed by atoms with Gasteiger partial charge in [0.15, 0.2) is 5.58 Å². The largest absolute Gasteiger partial charge is 0.442 e. The lowest BCUT2D eigenvalue weighted by Crippen LogP contribution is -2.31. The highest BCUT2D eigenvalue weighted by molar-refractivity contribution is 5.74. The van der Waals surface area contributed by atoms with Crippen molar-refractivity contribution in [2.24, 2.45) is 17.8 Å². The topological polar surface area (TPSA) is 52.3 Å². The average molecular weight is 339 g/mol. The Labute approximate surface area is 136 Å². The second kappa shape index (κ2) is 5.50. The van der Waals surface area contributed by atoms with Gasteiger partial charge in [-0.2, -0.15) is 13.2 Å². The third-order valence-electron chi connectivity index (χ3n) is 5.11. The van der Waals surface area contributed by atoms with Crippen molar-refractivity contribution >= 4 is 17.1 Å². The summed E-state index contributed by atoms with van der Waals surface area (Å²) in [5, 5.41) is 0. The summed E-state index contributed by atoms with van der Waals surface area (Å²) in [6.45, 7) is 0. The molecule has 0 saturated heterocycles. The van der Waals surface area contributed by atoms with E-state index in [1.807, 2.05) is 0 Å². The Balaban J connectivity index is 1.59. The molecule has 1 aromatic carbocycles. The number of ether oxygens (including phenoxy) is 1. The van der Waals surface area contributed by atoms with Gasteiger partial charge in [-0.15, -0.1) is 0 Å². The van der Waals surface area contributed by atoms with Crippen molar-refractivity contribution in [3.63, 3.8) is 0 Å². The molecule has 4 atom stereocenters. The zero-order valence-electron chi connectivity index (χ0n) is 12.8. The van der Waals surface area contributed by atoms with Crippen LogP contribution < -0.4 is 0 Å². The lowest BCUT2D eigenvalue weighted by atomic mass is 9.89. The molecular formula is C17H16F3NO3. The number of halogens is 3. The molecule has 4 nitrogen and oxygen atoms in total. The number of aromatic nitrogens is 1. The molecule has 2 saturated carbocycles. The van der Waals surface area contributed by atoms with E-state index in [1.165, 1.54) is 6.07 Å². The van der Waals surface area contributed by atoms with E-state index < -0.39 is 30.1 Å². The van der Waals surface area contributed by atoms with Gasteiger partial charge in [0.25, 0.3) is 6.10 Å². The van der Waals surface area contributed by atoms with Crippen LogP contribution in [0, 0.1) is 17.8 Å². The molecule has 0 amide bonds. The first-order chi connectivity index (χ1) is 11.4. The first-order valence-electron chi connectivity index (χ1n) is 8.04. The van der Waals surface area contributed by atoms with E-state index >= 15 is 0 Å². The molecule has 2 aromatic rings. The Morgan fingerprint density at radius 2 is 2.04 bits per heavy atom. The van der Waals surface area contributed by atoms with E-state index in [2.05, 4.69) is 4.98 Å². The van der Waals surface area contributed by atoms with Crippen molar-refractivity contribution < 1.29 is 27.1 Å². The summed E-state index contributed by atoms with van der Waals surface area (Å²) in [6.07, 6.45) is -3.74. The minimum Gasteiger partial charge on any atom is -0.442 e. The number of benzene rings is 1. The van der Waals surface area contributed by atoms with Gasteiger partial charge in [-0.25, -0.2) is 4.98 Å². The smallest absolute Gasteiger partial charge is 0.434 e. The summed E-state index contributed by atoms with van der Waals surface area (Å²) >= 11 is 0. The zero-order chi connectivity index (χ0) is 16.9. The fourth-order valence-corrected chi connectivity index (χ4v) is 4.00. The van der Waals surface area contributed by atoms with Gasteiger partial charge in [-0.3, -0.25) is 4.79 Å². The van der Waals surface area contributed by atoms with Gasteiger partial charge < -0.3 is 9.15 Å². The van der Waals surface area contributed by atoms with Crippen molar-refractivity contribution in [3.05, 3.63) is 30.2 Å². The van der Waals surface area contributed by atoms with Crippen LogP contribution in [0.2, 0.25) is 0 Å². The maximum atomic E-state index is 13.4. The molecule has 0 unspecified atom stereocenters. The molecule has 128 valence electrons. The van der Waals surface area contributed by atoms with Crippen molar-refractivity contribution in [1.29, 1.82) is 0 Å². The third-order valence-corrected chi connectivity index (χ3v) is 5.11. The van der Waals surface area contributed by atoms with Crippen molar-refractivity contribution in [2.75, 3.05) is 0 Å². The second-order valence-electron chi connectivity index (χ2n) is 6.66. The summed E-state index contributed by atoms with van der Waals surface area (Å²) in [5.41, 5.74) is 0.537. The highest BCUT2D eigenvalue weighted by atomic mass is 19.4. The van der Waals surface area contributed by atoms with Gasteiger partial charge in [-0.05, 0) is 43.2 Å². The van der Waals surface area contributed by atoms with Gasteiger partial charge in [-0.1, -0.05) is 18.6 Å².